The van der Waals surface area contributed by atoms with Crippen molar-refractivity contribution in [2.45, 2.75) is 38.0 Å². The van der Waals surface area contributed by atoms with E-state index in [1.54, 1.807) is 4.90 Å². The van der Waals surface area contributed by atoms with Crippen molar-refractivity contribution in [3.63, 3.8) is 0 Å². The van der Waals surface area contributed by atoms with Crippen molar-refractivity contribution in [3.8, 4) is 0 Å². The number of hydrogen-bond acceptors (Lipinski definition) is 7. The Bertz CT molecular complexity index is 1480. The van der Waals surface area contributed by atoms with E-state index in [1.165, 1.54) is 46.2 Å². The van der Waals surface area contributed by atoms with Crippen molar-refractivity contribution >= 4 is 33.0 Å². The number of rotatable bonds is 9. The van der Waals surface area contributed by atoms with Gasteiger partial charge in [0.2, 0.25) is 16.4 Å². The number of aliphatic hydroxyl groups excluding tert-OH is 1. The Morgan fingerprint density at radius 2 is 1.85 bits per heavy atom. The zero-order chi connectivity index (χ0) is 29.6. The third-order valence-electron chi connectivity index (χ3n) is 8.17. The first-order valence-electron chi connectivity index (χ1n) is 13.3. The van der Waals surface area contributed by atoms with Gasteiger partial charge >= 0.3 is 0 Å². The molecule has 41 heavy (non-hydrogen) atoms. The van der Waals surface area contributed by atoms with E-state index >= 15 is 0 Å². The molecule has 3 aliphatic rings. The highest BCUT2D eigenvalue weighted by Gasteiger charge is 2.62. The van der Waals surface area contributed by atoms with Crippen molar-refractivity contribution < 1.29 is 35.9 Å². The summed E-state index contributed by atoms with van der Waals surface area (Å²) >= 11 is 0. The number of hydrogen-bond donors (Lipinski definition) is 3. The minimum atomic E-state index is -3.88. The molecule has 3 N–H and O–H groups in total. The fourth-order valence-electron chi connectivity index (χ4n) is 5.68. The third kappa shape index (κ3) is 6.01. The highest BCUT2D eigenvalue weighted by atomic mass is 32.2. The number of halogens is 4. The number of amides is 1. The van der Waals surface area contributed by atoms with Crippen LogP contribution < -0.4 is 25.5 Å². The van der Waals surface area contributed by atoms with Crippen molar-refractivity contribution in [1.29, 1.82) is 0 Å². The summed E-state index contributed by atoms with van der Waals surface area (Å²) in [7, 11) is -3.88. The molecule has 0 unspecified atom stereocenters. The van der Waals surface area contributed by atoms with Crippen LogP contribution >= 0.6 is 0 Å². The van der Waals surface area contributed by atoms with Crippen LogP contribution in [0.2, 0.25) is 0 Å². The minimum Gasteiger partial charge on any atom is -0.395 e. The van der Waals surface area contributed by atoms with Crippen LogP contribution in [0.4, 0.5) is 34.6 Å². The lowest BCUT2D eigenvalue weighted by Crippen LogP contribution is -2.49. The van der Waals surface area contributed by atoms with E-state index in [2.05, 4.69) is 10.0 Å². The number of carbonyl (C=O) groups excluding carboxylic acids is 1. The number of aromatic nitrogens is 1. The number of anilines is 3. The summed E-state index contributed by atoms with van der Waals surface area (Å²) < 4.78 is 82.5. The van der Waals surface area contributed by atoms with E-state index in [4.69, 9.17) is 5.11 Å². The molecule has 5 rings (SSSR count). The summed E-state index contributed by atoms with van der Waals surface area (Å²) in [5, 5.41) is 13.1. The molecule has 0 spiro atoms. The molecule has 1 aromatic heterocycles. The summed E-state index contributed by atoms with van der Waals surface area (Å²) in [5.74, 6) is -4.31. The summed E-state index contributed by atoms with van der Waals surface area (Å²) in [6.07, 6.45) is -1.28. The van der Waals surface area contributed by atoms with Crippen molar-refractivity contribution in [2.75, 3.05) is 58.5 Å². The number of nitrogens with one attached hydrogen (secondary N) is 2. The zero-order valence-electron chi connectivity index (χ0n) is 22.0. The molecule has 1 saturated carbocycles. The molecular formula is C26H31F4N5O5S. The number of aliphatic hydroxyl groups is 1. The second-order valence-corrected chi connectivity index (χ2v) is 12.7. The molecule has 3 fully saturated rings. The first kappa shape index (κ1) is 29.2. The Morgan fingerprint density at radius 1 is 1.12 bits per heavy atom. The normalized spacial score (nSPS) is 23.7. The van der Waals surface area contributed by atoms with Crippen LogP contribution in [0.15, 0.2) is 41.3 Å². The number of pyridine rings is 1. The first-order chi connectivity index (χ1) is 19.3. The quantitative estimate of drug-likeness (QED) is 0.378. The number of nitrogens with zero attached hydrogens (tertiary/aromatic N) is 3. The Kier molecular flexibility index (Phi) is 7.70. The number of carbonyl (C=O) groups is 1. The fraction of sp³-hybridized carbons (Fsp3) is 0.538. The molecule has 15 heteroatoms. The van der Waals surface area contributed by atoms with E-state index < -0.39 is 64.5 Å². The maximum Gasteiger partial charge on any atom is 0.292 e. The number of fused-ring (bicyclic) bond motifs is 1. The van der Waals surface area contributed by atoms with Gasteiger partial charge in [0.15, 0.2) is 0 Å². The van der Waals surface area contributed by atoms with E-state index in [-0.39, 0.29) is 55.5 Å². The predicted molar refractivity (Wildman–Crippen MR) is 145 cm³/mol. The second-order valence-electron chi connectivity index (χ2n) is 10.8. The molecule has 1 amide bonds. The van der Waals surface area contributed by atoms with Gasteiger partial charge in [-0.25, -0.2) is 30.7 Å². The van der Waals surface area contributed by atoms with Crippen molar-refractivity contribution in [3.05, 3.63) is 52.4 Å². The van der Waals surface area contributed by atoms with Crippen LogP contribution in [0, 0.1) is 11.3 Å². The van der Waals surface area contributed by atoms with Gasteiger partial charge < -0.3 is 20.3 Å². The molecule has 2 atom stereocenters. The SMILES string of the molecule is O=C(Nc1cccn(N2CCC(F)(F)CC2)c1=O)c1ccc(NS(=O)(=O)CCO)cc1N1CC[C@@]2(C(F)F)C[C@H]2C1. The highest BCUT2D eigenvalue weighted by Crippen LogP contribution is 2.61. The largest absolute Gasteiger partial charge is 0.395 e. The van der Waals surface area contributed by atoms with Gasteiger partial charge in [0.05, 0.1) is 29.3 Å². The lowest BCUT2D eigenvalue weighted by molar-refractivity contribution is -0.0260. The fourth-order valence-corrected chi connectivity index (χ4v) is 6.50. The van der Waals surface area contributed by atoms with Crippen LogP contribution in [0.25, 0.3) is 0 Å². The van der Waals surface area contributed by atoms with Gasteiger partial charge in [-0.15, -0.1) is 0 Å². The number of sulfonamides is 1. The highest BCUT2D eigenvalue weighted by molar-refractivity contribution is 7.92. The molecule has 224 valence electrons. The number of piperidine rings is 2. The molecule has 0 bridgehead atoms. The van der Waals surface area contributed by atoms with Crippen LogP contribution in [0.5, 0.6) is 0 Å². The van der Waals surface area contributed by atoms with Gasteiger partial charge in [-0.3, -0.25) is 14.3 Å². The molecule has 1 aliphatic carbocycles. The molecule has 1 aromatic carbocycles. The van der Waals surface area contributed by atoms with Crippen LogP contribution in [-0.4, -0.2) is 75.0 Å². The molecule has 2 aromatic rings. The van der Waals surface area contributed by atoms with Crippen molar-refractivity contribution in [1.82, 2.24) is 4.68 Å². The van der Waals surface area contributed by atoms with E-state index in [0.29, 0.717) is 12.1 Å². The van der Waals surface area contributed by atoms with E-state index in [0.717, 1.165) is 0 Å². The minimum absolute atomic E-state index is 0.0433. The van der Waals surface area contributed by atoms with Gasteiger partial charge in [-0.05, 0) is 49.1 Å². The van der Waals surface area contributed by atoms with Gasteiger partial charge in [0.1, 0.15) is 5.69 Å². The Balaban J connectivity index is 1.41. The molecule has 0 radical (unpaired) electrons. The average Bonchev–Trinajstić information content (AvgIpc) is 3.65. The third-order valence-corrected chi connectivity index (χ3v) is 9.44. The molecule has 3 heterocycles. The topological polar surface area (TPSA) is 124 Å². The molecular weight excluding hydrogens is 570 g/mol. The summed E-state index contributed by atoms with van der Waals surface area (Å²) in [6.45, 7) is -0.224. The number of alkyl halides is 4. The Morgan fingerprint density at radius 3 is 2.51 bits per heavy atom. The second kappa shape index (κ2) is 10.8. The van der Waals surface area contributed by atoms with Crippen LogP contribution in [0.3, 0.4) is 0 Å². The Hall–Kier alpha value is -3.33. The van der Waals surface area contributed by atoms with Crippen LogP contribution in [-0.2, 0) is 10.0 Å². The van der Waals surface area contributed by atoms with E-state index in [9.17, 15) is 35.6 Å². The standard InChI is InChI=1S/C26H31F4N5O5S/c27-24(28)25-5-9-33(16-17(25)15-25)21-14-18(32-41(39,40)13-12-36)3-4-19(21)22(37)31-20-2-1-8-35(23(20)38)34-10-6-26(29,30)7-11-34/h1-4,8,14,17,24,32,36H,5-7,9-13,15-16H2,(H,31,37)/t17-,25+/m0/s1. The lowest BCUT2D eigenvalue weighted by Gasteiger charge is -2.34. The summed E-state index contributed by atoms with van der Waals surface area (Å²) in [5.41, 5.74) is -1.23. The zero-order valence-corrected chi connectivity index (χ0v) is 22.8. The molecule has 2 aliphatic heterocycles. The summed E-state index contributed by atoms with van der Waals surface area (Å²) in [4.78, 5) is 28.4. The van der Waals surface area contributed by atoms with Gasteiger partial charge in [0, 0.05) is 50.6 Å². The van der Waals surface area contributed by atoms with E-state index in [1.807, 2.05) is 0 Å². The monoisotopic (exact) mass is 601 g/mol. The molecule has 10 nitrogen and oxygen atoms in total. The summed E-state index contributed by atoms with van der Waals surface area (Å²) in [6, 6.07) is 7.05. The van der Waals surface area contributed by atoms with Crippen LogP contribution in [0.1, 0.15) is 36.0 Å². The first-order valence-corrected chi connectivity index (χ1v) is 14.9. The van der Waals surface area contributed by atoms with Gasteiger partial charge in [0.25, 0.3) is 17.4 Å². The Labute approximate surface area is 234 Å². The lowest BCUT2D eigenvalue weighted by atomic mass is 9.95. The van der Waals surface area contributed by atoms with Gasteiger partial charge in [-0.1, -0.05) is 0 Å². The predicted octanol–water partition coefficient (Wildman–Crippen LogP) is 2.68. The average molecular weight is 602 g/mol. The maximum atomic E-state index is 13.6. The maximum absolute atomic E-state index is 13.6. The van der Waals surface area contributed by atoms with Crippen molar-refractivity contribution in [2.24, 2.45) is 11.3 Å². The number of benzene rings is 1. The molecule has 2 saturated heterocycles. The van der Waals surface area contributed by atoms with Gasteiger partial charge in [-0.2, -0.15) is 0 Å². The smallest absolute Gasteiger partial charge is 0.292 e.